The van der Waals surface area contributed by atoms with Crippen molar-refractivity contribution in [3.63, 3.8) is 0 Å². The quantitative estimate of drug-likeness (QED) is 0.258. The first-order valence-electron chi connectivity index (χ1n) is 12.4. The van der Waals surface area contributed by atoms with Crippen molar-refractivity contribution in [2.75, 3.05) is 27.2 Å². The summed E-state index contributed by atoms with van der Waals surface area (Å²) in [6.07, 6.45) is -0.550. The van der Waals surface area contributed by atoms with Crippen molar-refractivity contribution >= 4 is 39.0 Å². The number of benzene rings is 3. The normalized spacial score (nSPS) is 13.1. The van der Waals surface area contributed by atoms with Gasteiger partial charge >= 0.3 is 5.97 Å². The number of fused-ring (bicyclic) bond motifs is 1. The Balaban J connectivity index is 1.93. The van der Waals surface area contributed by atoms with Crippen LogP contribution in [0.5, 0.6) is 5.75 Å². The minimum atomic E-state index is -4.38. The number of carboxylic acid groups (broad SMARTS) is 1. The number of carbonyl (C=O) groups is 3. The molecule has 1 amide bonds. The molecule has 0 bridgehead atoms. The highest BCUT2D eigenvalue weighted by atomic mass is 32.2. The number of carbonyl (C=O) groups excluding carboxylic acids is 2. The summed E-state index contributed by atoms with van der Waals surface area (Å²) in [5.74, 6) is -1.83. The molecule has 3 aromatic rings. The Morgan fingerprint density at radius 2 is 1.79 bits per heavy atom. The number of amides is 1. The second-order valence-corrected chi connectivity index (χ2v) is 11.1. The molecule has 0 spiro atoms. The number of rotatable bonds is 14. The summed E-state index contributed by atoms with van der Waals surface area (Å²) < 4.78 is 34.6. The average molecular weight is 556 g/mol. The third-order valence-corrected chi connectivity index (χ3v) is 7.45. The van der Waals surface area contributed by atoms with Crippen molar-refractivity contribution < 1.29 is 32.6 Å². The van der Waals surface area contributed by atoms with Crippen molar-refractivity contribution in [1.82, 2.24) is 14.9 Å². The highest BCUT2D eigenvalue weighted by Gasteiger charge is 2.27. The Bertz CT molecular complexity index is 1430. The molecule has 10 nitrogen and oxygen atoms in total. The molecule has 39 heavy (non-hydrogen) atoms. The lowest BCUT2D eigenvalue weighted by Crippen LogP contribution is -2.38. The molecular weight excluding hydrogens is 522 g/mol. The maximum absolute atomic E-state index is 13.2. The summed E-state index contributed by atoms with van der Waals surface area (Å²) in [5, 5.41) is 13.9. The van der Waals surface area contributed by atoms with Gasteiger partial charge in [-0.1, -0.05) is 42.5 Å². The maximum Gasteiger partial charge on any atom is 0.305 e. The number of aldehydes is 1. The molecule has 0 fully saturated rings. The zero-order chi connectivity index (χ0) is 28.6. The van der Waals surface area contributed by atoms with Crippen LogP contribution in [0, 0.1) is 0 Å². The van der Waals surface area contributed by atoms with Gasteiger partial charge in [-0.3, -0.25) is 9.59 Å². The average Bonchev–Trinajstić information content (AvgIpc) is 2.87. The van der Waals surface area contributed by atoms with Gasteiger partial charge in [0.05, 0.1) is 12.5 Å². The summed E-state index contributed by atoms with van der Waals surface area (Å²) in [6.45, 7) is 2.79. The predicted octanol–water partition coefficient (Wildman–Crippen LogP) is 2.46. The van der Waals surface area contributed by atoms with Crippen LogP contribution in [-0.2, 0) is 26.0 Å². The third kappa shape index (κ3) is 8.34. The standard InChI is InChI=1S/C28H33N3O7S/c1-19(15-21-9-6-8-20-7-4-5-10-24(20)21)38-25-16-22(28(35)29-13-14-31(2)3)11-12-26(25)39(36,37)30-23(18-32)17-27(33)34/h4-12,16,18-19,23,30H,13-15,17H2,1-3H3,(H,29,35)(H,33,34)/t19-,23+/m1/s1. The van der Waals surface area contributed by atoms with Crippen molar-refractivity contribution in [1.29, 1.82) is 0 Å². The molecule has 0 unspecified atom stereocenters. The molecule has 0 saturated carbocycles. The lowest BCUT2D eigenvalue weighted by molar-refractivity contribution is -0.138. The monoisotopic (exact) mass is 555 g/mol. The lowest BCUT2D eigenvalue weighted by Gasteiger charge is -2.20. The van der Waals surface area contributed by atoms with Crippen LogP contribution in [0.4, 0.5) is 0 Å². The SMILES string of the molecule is C[C@H](Cc1cccc2ccccc12)Oc1cc(C(=O)NCCN(C)C)ccc1S(=O)(=O)N[C@H](C=O)CC(=O)O. The molecule has 0 saturated heterocycles. The fourth-order valence-corrected chi connectivity index (χ4v) is 5.35. The number of nitrogens with one attached hydrogen (secondary N) is 2. The summed E-state index contributed by atoms with van der Waals surface area (Å²) >= 11 is 0. The highest BCUT2D eigenvalue weighted by Crippen LogP contribution is 2.28. The Labute approximate surface area is 228 Å². The van der Waals surface area contributed by atoms with Crippen molar-refractivity contribution in [3.8, 4) is 5.75 Å². The first-order valence-corrected chi connectivity index (χ1v) is 13.9. The molecule has 3 rings (SSSR count). The van der Waals surface area contributed by atoms with Gasteiger partial charge in [0.2, 0.25) is 10.0 Å². The van der Waals surface area contributed by atoms with Gasteiger partial charge in [0.1, 0.15) is 23.0 Å². The lowest BCUT2D eigenvalue weighted by atomic mass is 10.0. The van der Waals surface area contributed by atoms with Crippen LogP contribution in [0.1, 0.15) is 29.3 Å². The van der Waals surface area contributed by atoms with E-state index >= 15 is 0 Å². The fourth-order valence-electron chi connectivity index (χ4n) is 4.07. The van der Waals surface area contributed by atoms with Gasteiger partial charge in [-0.2, -0.15) is 0 Å². The number of sulfonamides is 1. The van der Waals surface area contributed by atoms with E-state index in [0.29, 0.717) is 19.5 Å². The van der Waals surface area contributed by atoms with Crippen LogP contribution in [0.2, 0.25) is 0 Å². The van der Waals surface area contributed by atoms with Crippen molar-refractivity contribution in [3.05, 3.63) is 71.8 Å². The van der Waals surface area contributed by atoms with E-state index in [4.69, 9.17) is 9.84 Å². The van der Waals surface area contributed by atoms with Gasteiger partial charge in [-0.25, -0.2) is 13.1 Å². The third-order valence-electron chi connectivity index (χ3n) is 5.92. The van der Waals surface area contributed by atoms with Gasteiger partial charge in [0.15, 0.2) is 0 Å². The Morgan fingerprint density at radius 3 is 2.49 bits per heavy atom. The van der Waals surface area contributed by atoms with Crippen LogP contribution in [-0.4, -0.2) is 75.9 Å². The molecule has 0 aliphatic heterocycles. The van der Waals surface area contributed by atoms with Gasteiger partial charge < -0.3 is 24.9 Å². The summed E-state index contributed by atoms with van der Waals surface area (Å²) in [7, 11) is -0.632. The number of likely N-dealkylation sites (N-methyl/N-ethyl adjacent to an activating group) is 1. The van der Waals surface area contributed by atoms with E-state index in [0.717, 1.165) is 16.3 Å². The number of ether oxygens (including phenoxy) is 1. The molecule has 0 aromatic heterocycles. The number of aliphatic carboxylic acids is 1. The smallest absolute Gasteiger partial charge is 0.305 e. The van der Waals surface area contributed by atoms with E-state index < -0.39 is 40.5 Å². The number of hydrogen-bond donors (Lipinski definition) is 3. The molecule has 0 aliphatic rings. The summed E-state index contributed by atoms with van der Waals surface area (Å²) in [5.41, 5.74) is 1.20. The molecule has 3 aromatic carbocycles. The largest absolute Gasteiger partial charge is 0.489 e. The molecular formula is C28H33N3O7S. The van der Waals surface area contributed by atoms with Crippen LogP contribution in [0.25, 0.3) is 10.8 Å². The van der Waals surface area contributed by atoms with Crippen LogP contribution in [0.3, 0.4) is 0 Å². The van der Waals surface area contributed by atoms with Crippen LogP contribution >= 0.6 is 0 Å². The van der Waals surface area contributed by atoms with Crippen LogP contribution < -0.4 is 14.8 Å². The molecule has 0 aliphatic carbocycles. The molecule has 3 N–H and O–H groups in total. The van der Waals surface area contributed by atoms with E-state index in [2.05, 4.69) is 10.0 Å². The zero-order valence-corrected chi connectivity index (χ0v) is 22.9. The fraction of sp³-hybridized carbons (Fsp3) is 0.321. The van der Waals surface area contributed by atoms with Crippen LogP contribution in [0.15, 0.2) is 65.6 Å². The minimum absolute atomic E-state index is 0.0875. The molecule has 11 heteroatoms. The highest BCUT2D eigenvalue weighted by molar-refractivity contribution is 7.89. The van der Waals surface area contributed by atoms with Gasteiger partial charge in [0.25, 0.3) is 5.91 Å². The molecule has 208 valence electrons. The Kier molecular flexibility index (Phi) is 10.2. The van der Waals surface area contributed by atoms with E-state index in [1.807, 2.05) is 61.5 Å². The Hall–Kier alpha value is -3.80. The zero-order valence-electron chi connectivity index (χ0n) is 22.1. The predicted molar refractivity (Wildman–Crippen MR) is 147 cm³/mol. The number of carboxylic acids is 1. The molecule has 0 heterocycles. The summed E-state index contributed by atoms with van der Waals surface area (Å²) in [4.78, 5) is 36.7. The second kappa shape index (κ2) is 13.3. The minimum Gasteiger partial charge on any atom is -0.489 e. The molecule has 2 atom stereocenters. The van der Waals surface area contributed by atoms with E-state index in [1.54, 1.807) is 6.92 Å². The van der Waals surface area contributed by atoms with Gasteiger partial charge in [-0.05, 0) is 55.6 Å². The van der Waals surface area contributed by atoms with E-state index in [-0.39, 0.29) is 22.5 Å². The number of hydrogen-bond acceptors (Lipinski definition) is 7. The first-order chi connectivity index (χ1) is 18.5. The molecule has 0 radical (unpaired) electrons. The summed E-state index contributed by atoms with van der Waals surface area (Å²) in [6, 6.07) is 16.2. The second-order valence-electron chi connectivity index (χ2n) is 9.45. The Morgan fingerprint density at radius 1 is 1.08 bits per heavy atom. The van der Waals surface area contributed by atoms with E-state index in [9.17, 15) is 22.8 Å². The topological polar surface area (TPSA) is 142 Å². The van der Waals surface area contributed by atoms with Crippen molar-refractivity contribution in [2.45, 2.75) is 36.8 Å². The first kappa shape index (κ1) is 29.8. The number of nitrogens with zero attached hydrogens (tertiary/aromatic N) is 1. The van der Waals surface area contributed by atoms with Gasteiger partial charge in [-0.15, -0.1) is 0 Å². The van der Waals surface area contributed by atoms with Crippen molar-refractivity contribution in [2.24, 2.45) is 0 Å². The van der Waals surface area contributed by atoms with Gasteiger partial charge in [0, 0.05) is 25.1 Å². The van der Waals surface area contributed by atoms with E-state index in [1.165, 1.54) is 18.2 Å². The maximum atomic E-state index is 13.2.